The summed E-state index contributed by atoms with van der Waals surface area (Å²) in [4.78, 5) is 15.4. The van der Waals surface area contributed by atoms with Crippen molar-refractivity contribution >= 4 is 17.6 Å². The molecule has 0 radical (unpaired) electrons. The number of hydrogen-bond acceptors (Lipinski definition) is 6. The van der Waals surface area contributed by atoms with Crippen LogP contribution < -0.4 is 16.4 Å². The van der Waals surface area contributed by atoms with E-state index < -0.39 is 0 Å². The SMILES string of the molecule is NC1=NC2(CCCCC2)N(c2ccc(CCc3ccccn3)cc2)C(N)=N1. The minimum atomic E-state index is -0.385. The van der Waals surface area contributed by atoms with Crippen molar-refractivity contribution in [3.05, 3.63) is 59.9 Å². The fourth-order valence-electron chi connectivity index (χ4n) is 4.12. The van der Waals surface area contributed by atoms with Crippen molar-refractivity contribution in [1.29, 1.82) is 0 Å². The van der Waals surface area contributed by atoms with Gasteiger partial charge in [0.05, 0.1) is 0 Å². The second-order valence-corrected chi connectivity index (χ2v) is 7.31. The summed E-state index contributed by atoms with van der Waals surface area (Å²) in [7, 11) is 0. The molecule has 1 fully saturated rings. The van der Waals surface area contributed by atoms with Crippen LogP contribution in [0, 0.1) is 0 Å². The van der Waals surface area contributed by atoms with Gasteiger partial charge in [0.2, 0.25) is 11.9 Å². The van der Waals surface area contributed by atoms with Crippen LogP contribution in [0.25, 0.3) is 0 Å². The van der Waals surface area contributed by atoms with Crippen molar-refractivity contribution in [2.75, 3.05) is 4.90 Å². The molecule has 27 heavy (non-hydrogen) atoms. The van der Waals surface area contributed by atoms with Crippen molar-refractivity contribution < 1.29 is 0 Å². The van der Waals surface area contributed by atoms with E-state index in [0.29, 0.717) is 5.96 Å². The summed E-state index contributed by atoms with van der Waals surface area (Å²) in [6.07, 6.45) is 9.11. The van der Waals surface area contributed by atoms with Crippen molar-refractivity contribution in [3.63, 3.8) is 0 Å². The zero-order valence-corrected chi connectivity index (χ0v) is 15.5. The number of aliphatic imine (C=N–C) groups is 2. The summed E-state index contributed by atoms with van der Waals surface area (Å²) >= 11 is 0. The smallest absolute Gasteiger partial charge is 0.220 e. The van der Waals surface area contributed by atoms with E-state index in [1.165, 1.54) is 12.0 Å². The zero-order valence-electron chi connectivity index (χ0n) is 15.5. The second kappa shape index (κ2) is 7.39. The van der Waals surface area contributed by atoms with E-state index >= 15 is 0 Å². The van der Waals surface area contributed by atoms with Gasteiger partial charge < -0.3 is 11.5 Å². The Morgan fingerprint density at radius 1 is 0.926 bits per heavy atom. The molecular weight excluding hydrogens is 336 g/mol. The third kappa shape index (κ3) is 3.65. The zero-order chi connectivity index (χ0) is 18.7. The van der Waals surface area contributed by atoms with Crippen LogP contribution in [-0.2, 0) is 12.8 Å². The highest BCUT2D eigenvalue weighted by Crippen LogP contribution is 2.39. The van der Waals surface area contributed by atoms with Crippen LogP contribution >= 0.6 is 0 Å². The van der Waals surface area contributed by atoms with Crippen LogP contribution in [0.3, 0.4) is 0 Å². The third-order valence-electron chi connectivity index (χ3n) is 5.44. The number of nitrogens with two attached hydrogens (primary N) is 2. The Balaban J connectivity index is 1.54. The molecule has 1 aromatic heterocycles. The van der Waals surface area contributed by atoms with E-state index in [1.807, 2.05) is 18.3 Å². The quantitative estimate of drug-likeness (QED) is 0.874. The molecule has 6 nitrogen and oxygen atoms in total. The van der Waals surface area contributed by atoms with Crippen LogP contribution in [0.15, 0.2) is 58.6 Å². The Morgan fingerprint density at radius 3 is 2.41 bits per heavy atom. The second-order valence-electron chi connectivity index (χ2n) is 7.31. The minimum absolute atomic E-state index is 0.289. The van der Waals surface area contributed by atoms with Gasteiger partial charge >= 0.3 is 0 Å². The average molecular weight is 362 g/mol. The molecule has 6 heteroatoms. The molecule has 2 heterocycles. The molecule has 2 aliphatic rings. The van der Waals surface area contributed by atoms with E-state index in [1.54, 1.807) is 0 Å². The van der Waals surface area contributed by atoms with Gasteiger partial charge in [0, 0.05) is 17.6 Å². The highest BCUT2D eigenvalue weighted by Gasteiger charge is 2.42. The summed E-state index contributed by atoms with van der Waals surface area (Å²) in [5.74, 6) is 0.725. The molecule has 1 aliphatic carbocycles. The van der Waals surface area contributed by atoms with Gasteiger partial charge in [-0.3, -0.25) is 9.88 Å². The van der Waals surface area contributed by atoms with Crippen molar-refractivity contribution in [3.8, 4) is 0 Å². The van der Waals surface area contributed by atoms with Crippen LogP contribution in [0.1, 0.15) is 43.4 Å². The molecule has 1 spiro atoms. The van der Waals surface area contributed by atoms with Gasteiger partial charge in [0.25, 0.3) is 0 Å². The van der Waals surface area contributed by atoms with Crippen molar-refractivity contribution in [1.82, 2.24) is 4.98 Å². The lowest BCUT2D eigenvalue weighted by molar-refractivity contribution is 0.305. The number of rotatable bonds is 4. The van der Waals surface area contributed by atoms with Crippen molar-refractivity contribution in [2.24, 2.45) is 21.5 Å². The highest BCUT2D eigenvalue weighted by atomic mass is 15.4. The first-order valence-electron chi connectivity index (χ1n) is 9.65. The number of nitrogens with zero attached hydrogens (tertiary/aromatic N) is 4. The standard InChI is InChI=1S/C21H26N6/c22-19-25-20(23)27(21(26-19)13-3-1-4-14-21)18-11-8-16(9-12-18)7-10-17-6-2-5-15-24-17/h2,5-6,8-9,11-12,15H,1,3-4,7,10,13-14H2,(H4,22,23,25,26). The maximum Gasteiger partial charge on any atom is 0.220 e. The molecular formula is C21H26N6. The predicted molar refractivity (Wildman–Crippen MR) is 110 cm³/mol. The van der Waals surface area contributed by atoms with E-state index in [-0.39, 0.29) is 11.6 Å². The van der Waals surface area contributed by atoms with Crippen molar-refractivity contribution in [2.45, 2.75) is 50.6 Å². The van der Waals surface area contributed by atoms with Crippen LogP contribution in [0.2, 0.25) is 0 Å². The average Bonchev–Trinajstić information content (AvgIpc) is 2.68. The Hall–Kier alpha value is -2.89. The van der Waals surface area contributed by atoms with Gasteiger partial charge in [0.1, 0.15) is 5.66 Å². The number of benzene rings is 1. The van der Waals surface area contributed by atoms with Gasteiger partial charge in [-0.2, -0.15) is 4.99 Å². The predicted octanol–water partition coefficient (Wildman–Crippen LogP) is 2.98. The van der Waals surface area contributed by atoms with E-state index in [2.05, 4.69) is 45.2 Å². The molecule has 4 rings (SSSR count). The van der Waals surface area contributed by atoms with Gasteiger partial charge in [-0.15, -0.1) is 0 Å². The number of aromatic nitrogens is 1. The first-order chi connectivity index (χ1) is 13.2. The van der Waals surface area contributed by atoms with E-state index in [4.69, 9.17) is 16.5 Å². The lowest BCUT2D eigenvalue weighted by Gasteiger charge is -2.45. The van der Waals surface area contributed by atoms with Gasteiger partial charge in [-0.25, -0.2) is 4.99 Å². The number of pyridine rings is 1. The summed E-state index contributed by atoms with van der Waals surface area (Å²) in [6, 6.07) is 14.6. The summed E-state index contributed by atoms with van der Waals surface area (Å²) in [6.45, 7) is 0. The Labute approximate surface area is 160 Å². The van der Waals surface area contributed by atoms with E-state index in [9.17, 15) is 0 Å². The molecule has 0 saturated heterocycles. The molecule has 1 aliphatic heterocycles. The highest BCUT2D eigenvalue weighted by molar-refractivity contribution is 6.05. The largest absolute Gasteiger partial charge is 0.369 e. The number of anilines is 1. The lowest BCUT2D eigenvalue weighted by atomic mass is 9.87. The van der Waals surface area contributed by atoms with E-state index in [0.717, 1.165) is 49.9 Å². The van der Waals surface area contributed by atoms with Gasteiger partial charge in [-0.1, -0.05) is 24.6 Å². The molecule has 140 valence electrons. The summed E-state index contributed by atoms with van der Waals surface area (Å²) in [5.41, 5.74) is 15.3. The Bertz CT molecular complexity index is 835. The van der Waals surface area contributed by atoms with Crippen LogP contribution in [-0.4, -0.2) is 22.6 Å². The number of hydrogen-bond donors (Lipinski definition) is 2. The molecule has 1 saturated carbocycles. The maximum atomic E-state index is 6.29. The summed E-state index contributed by atoms with van der Waals surface area (Å²) in [5, 5.41) is 0. The Morgan fingerprint density at radius 2 is 1.70 bits per heavy atom. The fraction of sp³-hybridized carbons (Fsp3) is 0.381. The van der Waals surface area contributed by atoms with Crippen LogP contribution in [0.4, 0.5) is 5.69 Å². The molecule has 0 atom stereocenters. The molecule has 4 N–H and O–H groups in total. The third-order valence-corrected chi connectivity index (χ3v) is 5.44. The molecule has 0 amide bonds. The van der Waals surface area contributed by atoms with Gasteiger partial charge in [-0.05, 0) is 68.4 Å². The minimum Gasteiger partial charge on any atom is -0.369 e. The monoisotopic (exact) mass is 362 g/mol. The molecule has 1 aromatic carbocycles. The normalized spacial score (nSPS) is 18.9. The van der Waals surface area contributed by atoms with Crippen LogP contribution in [0.5, 0.6) is 0 Å². The maximum absolute atomic E-state index is 6.29. The van der Waals surface area contributed by atoms with Gasteiger partial charge in [0.15, 0.2) is 0 Å². The molecule has 2 aromatic rings. The molecule has 0 unspecified atom stereocenters. The number of aryl methyl sites for hydroxylation is 2. The first kappa shape index (κ1) is 17.5. The molecule has 0 bridgehead atoms. The lowest BCUT2D eigenvalue weighted by Crippen LogP contribution is -2.58. The number of guanidine groups is 2. The summed E-state index contributed by atoms with van der Waals surface area (Å²) < 4.78 is 0. The first-order valence-corrected chi connectivity index (χ1v) is 9.65. The fourth-order valence-corrected chi connectivity index (χ4v) is 4.12. The Kier molecular flexibility index (Phi) is 4.79. The topological polar surface area (TPSA) is 92.9 Å².